The standard InChI is InChI=1S/C21H17IN4O2/c1-2-28-18-10-8-17(9-11-18)26-24-19-12-7-16(13-20(19)25-26)23-21(27)14-3-5-15(22)6-4-14/h3-13H,2H2,1H3,(H,23,27). The molecular formula is C21H17IN4O2. The quantitative estimate of drug-likeness (QED) is 0.418. The Hall–Kier alpha value is -2.94. The van der Waals surface area contributed by atoms with Gasteiger partial charge in [-0.2, -0.15) is 4.80 Å². The van der Waals surface area contributed by atoms with Gasteiger partial charge in [0.15, 0.2) is 0 Å². The molecule has 140 valence electrons. The van der Waals surface area contributed by atoms with E-state index in [9.17, 15) is 4.79 Å². The Balaban J connectivity index is 1.56. The van der Waals surface area contributed by atoms with Gasteiger partial charge in [0.1, 0.15) is 16.8 Å². The third-order valence-electron chi connectivity index (χ3n) is 4.12. The topological polar surface area (TPSA) is 69.0 Å². The number of hydrogen-bond acceptors (Lipinski definition) is 4. The highest BCUT2D eigenvalue weighted by Crippen LogP contribution is 2.20. The molecule has 4 rings (SSSR count). The number of amides is 1. The summed E-state index contributed by atoms with van der Waals surface area (Å²) in [7, 11) is 0. The SMILES string of the molecule is CCOc1ccc(-n2nc3ccc(NC(=O)c4ccc(I)cc4)cc3n2)cc1. The second kappa shape index (κ2) is 7.97. The van der Waals surface area contributed by atoms with E-state index < -0.39 is 0 Å². The third kappa shape index (κ3) is 3.99. The van der Waals surface area contributed by atoms with E-state index >= 15 is 0 Å². The van der Waals surface area contributed by atoms with Crippen LogP contribution in [0.2, 0.25) is 0 Å². The molecule has 28 heavy (non-hydrogen) atoms. The minimum Gasteiger partial charge on any atom is -0.494 e. The maximum Gasteiger partial charge on any atom is 0.255 e. The highest BCUT2D eigenvalue weighted by Gasteiger charge is 2.09. The van der Waals surface area contributed by atoms with E-state index in [1.165, 1.54) is 0 Å². The van der Waals surface area contributed by atoms with Crippen molar-refractivity contribution in [3.63, 3.8) is 0 Å². The summed E-state index contributed by atoms with van der Waals surface area (Å²) in [6, 6.07) is 20.5. The van der Waals surface area contributed by atoms with Crippen LogP contribution < -0.4 is 10.1 Å². The first kappa shape index (κ1) is 18.4. The molecule has 0 saturated heterocycles. The number of nitrogens with one attached hydrogen (secondary N) is 1. The molecule has 0 saturated carbocycles. The van der Waals surface area contributed by atoms with Crippen LogP contribution in [0.25, 0.3) is 16.7 Å². The molecule has 0 unspecified atom stereocenters. The Kier molecular flexibility index (Phi) is 5.25. The number of fused-ring (bicyclic) bond motifs is 1. The van der Waals surface area contributed by atoms with Crippen LogP contribution >= 0.6 is 22.6 Å². The van der Waals surface area contributed by atoms with E-state index in [2.05, 4.69) is 38.1 Å². The molecule has 0 radical (unpaired) electrons. The van der Waals surface area contributed by atoms with Gasteiger partial charge in [0.2, 0.25) is 0 Å². The average Bonchev–Trinajstić information content (AvgIpc) is 3.12. The molecule has 0 aliphatic rings. The smallest absolute Gasteiger partial charge is 0.255 e. The number of rotatable bonds is 5. The number of benzene rings is 3. The van der Waals surface area contributed by atoms with Gasteiger partial charge in [-0.05, 0) is 96.2 Å². The molecule has 1 N–H and O–H groups in total. The average molecular weight is 484 g/mol. The minimum absolute atomic E-state index is 0.158. The van der Waals surface area contributed by atoms with Gasteiger partial charge in [0.25, 0.3) is 5.91 Å². The van der Waals surface area contributed by atoms with Gasteiger partial charge in [-0.25, -0.2) is 0 Å². The molecule has 1 heterocycles. The van der Waals surface area contributed by atoms with E-state index in [0.29, 0.717) is 23.4 Å². The number of hydrogen-bond donors (Lipinski definition) is 1. The van der Waals surface area contributed by atoms with Crippen molar-refractivity contribution in [3.8, 4) is 11.4 Å². The molecule has 3 aromatic carbocycles. The van der Waals surface area contributed by atoms with E-state index in [1.807, 2.05) is 61.5 Å². The molecule has 1 amide bonds. The maximum absolute atomic E-state index is 12.4. The number of aromatic nitrogens is 3. The highest BCUT2D eigenvalue weighted by molar-refractivity contribution is 14.1. The third-order valence-corrected chi connectivity index (χ3v) is 4.84. The molecule has 0 fully saturated rings. The first-order chi connectivity index (χ1) is 13.6. The lowest BCUT2D eigenvalue weighted by atomic mass is 10.2. The van der Waals surface area contributed by atoms with Crippen LogP contribution in [0.1, 0.15) is 17.3 Å². The zero-order valence-electron chi connectivity index (χ0n) is 15.1. The van der Waals surface area contributed by atoms with Gasteiger partial charge in [0, 0.05) is 14.8 Å². The fourth-order valence-electron chi connectivity index (χ4n) is 2.75. The van der Waals surface area contributed by atoms with Crippen molar-refractivity contribution in [1.82, 2.24) is 15.0 Å². The van der Waals surface area contributed by atoms with Gasteiger partial charge >= 0.3 is 0 Å². The van der Waals surface area contributed by atoms with Crippen LogP contribution in [0.5, 0.6) is 5.75 Å². The summed E-state index contributed by atoms with van der Waals surface area (Å²) < 4.78 is 6.55. The van der Waals surface area contributed by atoms with E-state index in [0.717, 1.165) is 20.5 Å². The first-order valence-corrected chi connectivity index (χ1v) is 9.87. The number of anilines is 1. The van der Waals surface area contributed by atoms with Crippen molar-refractivity contribution in [2.75, 3.05) is 11.9 Å². The van der Waals surface area contributed by atoms with Crippen LogP contribution in [0.15, 0.2) is 66.7 Å². The Morgan fingerprint density at radius 2 is 1.71 bits per heavy atom. The second-order valence-corrected chi connectivity index (χ2v) is 7.33. The number of carbonyl (C=O) groups excluding carboxylic acids is 1. The fourth-order valence-corrected chi connectivity index (χ4v) is 3.11. The lowest BCUT2D eigenvalue weighted by Crippen LogP contribution is -2.11. The normalized spacial score (nSPS) is 10.8. The van der Waals surface area contributed by atoms with Crippen LogP contribution in [0.4, 0.5) is 5.69 Å². The summed E-state index contributed by atoms with van der Waals surface area (Å²) in [4.78, 5) is 14.0. The first-order valence-electron chi connectivity index (χ1n) is 8.79. The number of ether oxygens (including phenoxy) is 1. The lowest BCUT2D eigenvalue weighted by molar-refractivity contribution is 0.102. The number of halogens is 1. The summed E-state index contributed by atoms with van der Waals surface area (Å²) in [5.41, 5.74) is 3.58. The molecule has 7 heteroatoms. The van der Waals surface area contributed by atoms with Crippen LogP contribution in [-0.4, -0.2) is 27.5 Å². The van der Waals surface area contributed by atoms with Crippen molar-refractivity contribution >= 4 is 45.2 Å². The molecule has 0 atom stereocenters. The molecule has 0 spiro atoms. The van der Waals surface area contributed by atoms with Crippen molar-refractivity contribution in [3.05, 3.63) is 75.9 Å². The van der Waals surface area contributed by atoms with Crippen molar-refractivity contribution < 1.29 is 9.53 Å². The zero-order valence-corrected chi connectivity index (χ0v) is 17.3. The molecule has 0 bridgehead atoms. The molecule has 4 aromatic rings. The van der Waals surface area contributed by atoms with Gasteiger partial charge in [-0.1, -0.05) is 0 Å². The predicted molar refractivity (Wildman–Crippen MR) is 117 cm³/mol. The minimum atomic E-state index is -0.158. The van der Waals surface area contributed by atoms with Gasteiger partial charge in [0.05, 0.1) is 12.3 Å². The summed E-state index contributed by atoms with van der Waals surface area (Å²) >= 11 is 2.21. The Morgan fingerprint density at radius 3 is 2.43 bits per heavy atom. The monoisotopic (exact) mass is 484 g/mol. The fraction of sp³-hybridized carbons (Fsp3) is 0.0952. The number of carbonyl (C=O) groups is 1. The molecule has 6 nitrogen and oxygen atoms in total. The zero-order chi connectivity index (χ0) is 19.5. The summed E-state index contributed by atoms with van der Waals surface area (Å²) in [6.45, 7) is 2.57. The van der Waals surface area contributed by atoms with Crippen molar-refractivity contribution in [2.45, 2.75) is 6.92 Å². The molecule has 0 aliphatic carbocycles. The van der Waals surface area contributed by atoms with Gasteiger partial charge in [-0.3, -0.25) is 4.79 Å². The predicted octanol–water partition coefficient (Wildman–Crippen LogP) is 4.68. The largest absolute Gasteiger partial charge is 0.494 e. The van der Waals surface area contributed by atoms with Crippen molar-refractivity contribution in [1.29, 1.82) is 0 Å². The molecule has 1 aromatic heterocycles. The highest BCUT2D eigenvalue weighted by atomic mass is 127. The van der Waals surface area contributed by atoms with Crippen LogP contribution in [0, 0.1) is 3.57 Å². The van der Waals surface area contributed by atoms with Crippen LogP contribution in [-0.2, 0) is 0 Å². The number of nitrogens with zero attached hydrogens (tertiary/aromatic N) is 3. The van der Waals surface area contributed by atoms with Gasteiger partial charge in [-0.15, -0.1) is 10.2 Å². The summed E-state index contributed by atoms with van der Waals surface area (Å²) in [5, 5.41) is 11.9. The maximum atomic E-state index is 12.4. The van der Waals surface area contributed by atoms with Crippen molar-refractivity contribution in [2.24, 2.45) is 0 Å². The second-order valence-electron chi connectivity index (χ2n) is 6.08. The van der Waals surface area contributed by atoms with Crippen LogP contribution in [0.3, 0.4) is 0 Å². The van der Waals surface area contributed by atoms with E-state index in [4.69, 9.17) is 4.74 Å². The van der Waals surface area contributed by atoms with E-state index in [1.54, 1.807) is 16.9 Å². The summed E-state index contributed by atoms with van der Waals surface area (Å²) in [5.74, 6) is 0.651. The van der Waals surface area contributed by atoms with Gasteiger partial charge < -0.3 is 10.1 Å². The molecular weight excluding hydrogens is 467 g/mol. The Labute approximate surface area is 175 Å². The Bertz CT molecular complexity index is 1120. The summed E-state index contributed by atoms with van der Waals surface area (Å²) in [6.07, 6.45) is 0. The molecule has 0 aliphatic heterocycles. The Morgan fingerprint density at radius 1 is 1.00 bits per heavy atom. The van der Waals surface area contributed by atoms with E-state index in [-0.39, 0.29) is 5.91 Å². The lowest BCUT2D eigenvalue weighted by Gasteiger charge is -2.05.